The average molecular weight is 179 g/mol. The topological polar surface area (TPSA) is 33.1 Å². The summed E-state index contributed by atoms with van der Waals surface area (Å²) in [6, 6.07) is 5.72. The first-order valence-corrected chi connectivity index (χ1v) is 4.92. The molecule has 2 heteroatoms. The number of hydrogen-bond acceptors (Lipinski definition) is 2. The van der Waals surface area contributed by atoms with Crippen molar-refractivity contribution in [1.82, 2.24) is 4.98 Å². The fraction of sp³-hybridized carbons (Fsp3) is 0.545. The first-order valence-electron chi connectivity index (χ1n) is 4.92. The van der Waals surface area contributed by atoms with Crippen LogP contribution < -0.4 is 0 Å². The maximum Gasteiger partial charge on any atom is 0.0540 e. The molecule has 0 bridgehead atoms. The number of pyridine rings is 1. The van der Waals surface area contributed by atoms with E-state index >= 15 is 0 Å². The summed E-state index contributed by atoms with van der Waals surface area (Å²) in [4.78, 5) is 3.78. The summed E-state index contributed by atoms with van der Waals surface area (Å²) < 4.78 is 0. The molecule has 1 fully saturated rings. The lowest BCUT2D eigenvalue weighted by Gasteiger charge is -2.14. The highest BCUT2D eigenvalue weighted by atomic mass is 16.3. The summed E-state index contributed by atoms with van der Waals surface area (Å²) in [7, 11) is 0. The quantitative estimate of drug-likeness (QED) is 0.663. The molecule has 72 valence electrons. The molecule has 2 rings (SSSR count). The second-order valence-corrected chi connectivity index (χ2v) is 3.32. The van der Waals surface area contributed by atoms with Crippen LogP contribution in [0.5, 0.6) is 0 Å². The monoisotopic (exact) mass is 179 g/mol. The second-order valence-electron chi connectivity index (χ2n) is 3.32. The van der Waals surface area contributed by atoms with Gasteiger partial charge in [0.1, 0.15) is 0 Å². The molecule has 0 amide bonds. The van der Waals surface area contributed by atoms with Crippen molar-refractivity contribution in [2.75, 3.05) is 0 Å². The number of aliphatic hydroxyl groups excluding tert-OH is 1. The van der Waals surface area contributed by atoms with Gasteiger partial charge in [-0.3, -0.25) is 4.98 Å². The smallest absolute Gasteiger partial charge is 0.0540 e. The van der Waals surface area contributed by atoms with Crippen molar-refractivity contribution >= 4 is 0 Å². The van der Waals surface area contributed by atoms with Gasteiger partial charge in [0.25, 0.3) is 0 Å². The number of nitrogens with zero attached hydrogens (tertiary/aromatic N) is 1. The van der Waals surface area contributed by atoms with Gasteiger partial charge in [-0.2, -0.15) is 0 Å². The van der Waals surface area contributed by atoms with Gasteiger partial charge in [0.05, 0.1) is 6.10 Å². The summed E-state index contributed by atoms with van der Waals surface area (Å²) in [5.74, 6) is 0. The van der Waals surface area contributed by atoms with Gasteiger partial charge < -0.3 is 5.11 Å². The number of aliphatic hydroxyl groups is 1. The molecule has 1 aliphatic carbocycles. The Hall–Kier alpha value is -0.890. The molecule has 1 saturated carbocycles. The Morgan fingerprint density at radius 3 is 1.77 bits per heavy atom. The molecule has 1 aliphatic rings. The highest BCUT2D eigenvalue weighted by Gasteiger charge is 2.07. The zero-order valence-electron chi connectivity index (χ0n) is 7.89. The van der Waals surface area contributed by atoms with E-state index in [1.807, 2.05) is 18.2 Å². The van der Waals surface area contributed by atoms with Crippen molar-refractivity contribution in [2.45, 2.75) is 38.2 Å². The standard InChI is InChI=1S/C6H12O.C5H5N/c7-6-4-2-1-3-5-6;1-2-4-6-5-3-1/h6-7H,1-5H2;1-5H. The van der Waals surface area contributed by atoms with Crippen molar-refractivity contribution in [1.29, 1.82) is 0 Å². The Balaban J connectivity index is 0.000000132. The molecule has 0 aliphatic heterocycles. The van der Waals surface area contributed by atoms with Crippen molar-refractivity contribution in [3.05, 3.63) is 30.6 Å². The van der Waals surface area contributed by atoms with Crippen LogP contribution >= 0.6 is 0 Å². The van der Waals surface area contributed by atoms with E-state index in [1.54, 1.807) is 12.4 Å². The van der Waals surface area contributed by atoms with E-state index < -0.39 is 0 Å². The molecule has 2 nitrogen and oxygen atoms in total. The lowest BCUT2D eigenvalue weighted by Crippen LogP contribution is -2.09. The molecule has 1 aromatic rings. The summed E-state index contributed by atoms with van der Waals surface area (Å²) in [5, 5.41) is 8.91. The third-order valence-corrected chi connectivity index (χ3v) is 2.14. The van der Waals surface area contributed by atoms with Crippen LogP contribution in [0.2, 0.25) is 0 Å². The van der Waals surface area contributed by atoms with Gasteiger partial charge in [0.2, 0.25) is 0 Å². The minimum Gasteiger partial charge on any atom is -0.393 e. The van der Waals surface area contributed by atoms with Crippen LogP contribution in [0.3, 0.4) is 0 Å². The molecular formula is C11H17NO. The molecule has 1 heterocycles. The number of hydrogen-bond donors (Lipinski definition) is 1. The Bertz CT molecular complexity index is 168. The van der Waals surface area contributed by atoms with Crippen LogP contribution in [0.1, 0.15) is 32.1 Å². The molecule has 0 spiro atoms. The fourth-order valence-corrected chi connectivity index (χ4v) is 1.39. The zero-order valence-corrected chi connectivity index (χ0v) is 7.89. The van der Waals surface area contributed by atoms with Gasteiger partial charge in [-0.1, -0.05) is 25.3 Å². The van der Waals surface area contributed by atoms with Crippen LogP contribution in [-0.4, -0.2) is 16.2 Å². The lowest BCUT2D eigenvalue weighted by atomic mass is 9.98. The van der Waals surface area contributed by atoms with Crippen molar-refractivity contribution < 1.29 is 5.11 Å². The lowest BCUT2D eigenvalue weighted by molar-refractivity contribution is 0.130. The van der Waals surface area contributed by atoms with E-state index in [-0.39, 0.29) is 6.10 Å². The van der Waals surface area contributed by atoms with Gasteiger partial charge in [-0.15, -0.1) is 0 Å². The number of aromatic nitrogens is 1. The maximum absolute atomic E-state index is 8.91. The second kappa shape index (κ2) is 6.61. The van der Waals surface area contributed by atoms with E-state index in [0.717, 1.165) is 12.8 Å². The van der Waals surface area contributed by atoms with Gasteiger partial charge in [-0.25, -0.2) is 0 Å². The molecule has 13 heavy (non-hydrogen) atoms. The SMILES string of the molecule is OC1CCCCC1.c1ccncc1. The Morgan fingerprint density at radius 2 is 1.54 bits per heavy atom. The van der Waals surface area contributed by atoms with Crippen molar-refractivity contribution in [3.63, 3.8) is 0 Å². The van der Waals surface area contributed by atoms with Gasteiger partial charge in [0, 0.05) is 12.4 Å². The van der Waals surface area contributed by atoms with Crippen LogP contribution in [0.15, 0.2) is 30.6 Å². The molecule has 0 saturated heterocycles. The third-order valence-electron chi connectivity index (χ3n) is 2.14. The van der Waals surface area contributed by atoms with Crippen LogP contribution in [0.4, 0.5) is 0 Å². The van der Waals surface area contributed by atoms with Gasteiger partial charge in [-0.05, 0) is 25.0 Å². The summed E-state index contributed by atoms with van der Waals surface area (Å²) in [6.45, 7) is 0. The van der Waals surface area contributed by atoms with E-state index in [4.69, 9.17) is 5.11 Å². The van der Waals surface area contributed by atoms with Crippen LogP contribution in [0.25, 0.3) is 0 Å². The van der Waals surface area contributed by atoms with E-state index in [1.165, 1.54) is 19.3 Å². The summed E-state index contributed by atoms with van der Waals surface area (Å²) in [5.41, 5.74) is 0. The highest BCUT2D eigenvalue weighted by Crippen LogP contribution is 2.16. The van der Waals surface area contributed by atoms with Crippen molar-refractivity contribution in [3.8, 4) is 0 Å². The normalized spacial score (nSPS) is 17.3. The molecular weight excluding hydrogens is 162 g/mol. The van der Waals surface area contributed by atoms with Crippen LogP contribution in [0, 0.1) is 0 Å². The molecule has 1 N–H and O–H groups in total. The Kier molecular flexibility index (Phi) is 5.18. The predicted molar refractivity (Wildman–Crippen MR) is 53.3 cm³/mol. The van der Waals surface area contributed by atoms with Crippen LogP contribution in [-0.2, 0) is 0 Å². The predicted octanol–water partition coefficient (Wildman–Crippen LogP) is 2.39. The largest absolute Gasteiger partial charge is 0.393 e. The molecule has 0 aromatic carbocycles. The Morgan fingerprint density at radius 1 is 0.923 bits per heavy atom. The van der Waals surface area contributed by atoms with E-state index in [2.05, 4.69) is 4.98 Å². The highest BCUT2D eigenvalue weighted by molar-refractivity contribution is 4.88. The first-order chi connectivity index (χ1) is 6.39. The molecule has 0 radical (unpaired) electrons. The summed E-state index contributed by atoms with van der Waals surface area (Å²) in [6.07, 6.45) is 9.42. The maximum atomic E-state index is 8.91. The van der Waals surface area contributed by atoms with E-state index in [0.29, 0.717) is 0 Å². The van der Waals surface area contributed by atoms with Crippen molar-refractivity contribution in [2.24, 2.45) is 0 Å². The fourth-order valence-electron chi connectivity index (χ4n) is 1.39. The molecule has 1 aromatic heterocycles. The summed E-state index contributed by atoms with van der Waals surface area (Å²) >= 11 is 0. The van der Waals surface area contributed by atoms with Gasteiger partial charge >= 0.3 is 0 Å². The molecule has 0 unspecified atom stereocenters. The van der Waals surface area contributed by atoms with E-state index in [9.17, 15) is 0 Å². The first kappa shape index (κ1) is 10.2. The minimum atomic E-state index is 0.0359. The molecule has 0 atom stereocenters. The average Bonchev–Trinajstić information content (AvgIpc) is 2.22. The number of rotatable bonds is 0. The third kappa shape index (κ3) is 5.36. The Labute approximate surface area is 79.6 Å². The minimum absolute atomic E-state index is 0.0359. The zero-order chi connectivity index (χ0) is 9.36. The van der Waals surface area contributed by atoms with Gasteiger partial charge in [0.15, 0.2) is 0 Å².